The van der Waals surface area contributed by atoms with Gasteiger partial charge in [0.2, 0.25) is 5.91 Å². The van der Waals surface area contributed by atoms with Crippen molar-refractivity contribution in [3.05, 3.63) is 78.1 Å². The number of carbonyl (C=O) groups is 1. The van der Waals surface area contributed by atoms with E-state index in [1.165, 1.54) is 50.6 Å². The Labute approximate surface area is 199 Å². The van der Waals surface area contributed by atoms with E-state index < -0.39 is 28.3 Å². The van der Waals surface area contributed by atoms with Gasteiger partial charge in [0.1, 0.15) is 12.4 Å². The SMILES string of the molecule is COc1ccc(S(=O)(=O)N(CC(=O)Nc2ccccc2C(C)C)c2ccccc2F)cc1OC. The normalized spacial score (nSPS) is 11.2. The fourth-order valence-corrected chi connectivity index (χ4v) is 4.94. The van der Waals surface area contributed by atoms with Crippen LogP contribution in [0.3, 0.4) is 0 Å². The van der Waals surface area contributed by atoms with E-state index in [4.69, 9.17) is 9.47 Å². The maximum Gasteiger partial charge on any atom is 0.265 e. The molecule has 0 unspecified atom stereocenters. The first-order valence-electron chi connectivity index (χ1n) is 10.6. The predicted molar refractivity (Wildman–Crippen MR) is 130 cm³/mol. The Balaban J connectivity index is 2.02. The summed E-state index contributed by atoms with van der Waals surface area (Å²) >= 11 is 0. The average molecular weight is 487 g/mol. The van der Waals surface area contributed by atoms with Gasteiger partial charge >= 0.3 is 0 Å². The van der Waals surface area contributed by atoms with Crippen LogP contribution in [0, 0.1) is 5.82 Å². The van der Waals surface area contributed by atoms with Gasteiger partial charge in [-0.3, -0.25) is 9.10 Å². The minimum Gasteiger partial charge on any atom is -0.493 e. The molecule has 0 aliphatic carbocycles. The summed E-state index contributed by atoms with van der Waals surface area (Å²) in [4.78, 5) is 12.8. The number of carbonyl (C=O) groups excluding carboxylic acids is 1. The maximum absolute atomic E-state index is 14.7. The zero-order valence-corrected chi connectivity index (χ0v) is 20.2. The number of hydrogen-bond donors (Lipinski definition) is 1. The highest BCUT2D eigenvalue weighted by Crippen LogP contribution is 2.33. The molecule has 3 aromatic rings. The lowest BCUT2D eigenvalue weighted by Crippen LogP contribution is -2.38. The highest BCUT2D eigenvalue weighted by atomic mass is 32.2. The maximum atomic E-state index is 14.7. The van der Waals surface area contributed by atoms with Gasteiger partial charge in [0.15, 0.2) is 11.5 Å². The molecule has 0 aliphatic rings. The molecular weight excluding hydrogens is 459 g/mol. The molecule has 7 nitrogen and oxygen atoms in total. The van der Waals surface area contributed by atoms with E-state index in [0.717, 1.165) is 15.9 Å². The van der Waals surface area contributed by atoms with Crippen molar-refractivity contribution in [2.75, 3.05) is 30.4 Å². The molecule has 0 aromatic heterocycles. The minimum atomic E-state index is -4.35. The van der Waals surface area contributed by atoms with Crippen LogP contribution in [0.15, 0.2) is 71.6 Å². The molecule has 180 valence electrons. The van der Waals surface area contributed by atoms with Gasteiger partial charge in [-0.05, 0) is 41.8 Å². The molecule has 1 N–H and O–H groups in total. The van der Waals surface area contributed by atoms with Gasteiger partial charge < -0.3 is 14.8 Å². The molecule has 34 heavy (non-hydrogen) atoms. The number of ether oxygens (including phenoxy) is 2. The number of sulfonamides is 1. The number of methoxy groups -OCH3 is 2. The lowest BCUT2D eigenvalue weighted by molar-refractivity contribution is -0.114. The molecule has 0 spiro atoms. The zero-order chi connectivity index (χ0) is 24.9. The lowest BCUT2D eigenvalue weighted by Gasteiger charge is -2.25. The van der Waals surface area contributed by atoms with Gasteiger partial charge in [0.25, 0.3) is 10.0 Å². The van der Waals surface area contributed by atoms with E-state index in [0.29, 0.717) is 11.4 Å². The molecule has 0 heterocycles. The molecule has 0 atom stereocenters. The Hall–Kier alpha value is -3.59. The van der Waals surface area contributed by atoms with Crippen LogP contribution in [0.25, 0.3) is 0 Å². The summed E-state index contributed by atoms with van der Waals surface area (Å²) in [6.07, 6.45) is 0. The molecule has 3 rings (SSSR count). The van der Waals surface area contributed by atoms with Crippen LogP contribution in [0.4, 0.5) is 15.8 Å². The molecule has 0 aliphatic heterocycles. The number of benzene rings is 3. The second kappa shape index (κ2) is 10.6. The standard InChI is InChI=1S/C25H27FN2O5S/c1-17(2)19-9-5-7-11-21(19)27-25(29)16-28(22-12-8-6-10-20(22)26)34(30,31)18-13-14-23(32-3)24(15-18)33-4/h5-15,17H,16H2,1-4H3,(H,27,29). The second-order valence-electron chi connectivity index (χ2n) is 7.77. The Morgan fingerprint density at radius 1 is 0.971 bits per heavy atom. The Morgan fingerprint density at radius 3 is 2.26 bits per heavy atom. The number of hydrogen-bond acceptors (Lipinski definition) is 5. The second-order valence-corrected chi connectivity index (χ2v) is 9.63. The molecule has 0 fully saturated rings. The number of para-hydroxylation sites is 2. The van der Waals surface area contributed by atoms with Gasteiger partial charge in [-0.25, -0.2) is 12.8 Å². The van der Waals surface area contributed by atoms with E-state index in [-0.39, 0.29) is 22.3 Å². The first-order chi connectivity index (χ1) is 16.2. The molecule has 9 heteroatoms. The van der Waals surface area contributed by atoms with Crippen LogP contribution >= 0.6 is 0 Å². The third-order valence-corrected chi connectivity index (χ3v) is 6.96. The van der Waals surface area contributed by atoms with Crippen LogP contribution in [-0.4, -0.2) is 35.1 Å². The van der Waals surface area contributed by atoms with Crippen LogP contribution in [0.2, 0.25) is 0 Å². The van der Waals surface area contributed by atoms with Gasteiger partial charge in [0.05, 0.1) is 24.8 Å². The largest absolute Gasteiger partial charge is 0.493 e. The Bertz CT molecular complexity index is 1280. The van der Waals surface area contributed by atoms with Crippen molar-refractivity contribution in [2.24, 2.45) is 0 Å². The molecule has 0 radical (unpaired) electrons. The quantitative estimate of drug-likeness (QED) is 0.470. The van der Waals surface area contributed by atoms with E-state index in [1.54, 1.807) is 12.1 Å². The topological polar surface area (TPSA) is 84.9 Å². The van der Waals surface area contributed by atoms with Gasteiger partial charge in [-0.15, -0.1) is 0 Å². The Kier molecular flexibility index (Phi) is 7.78. The van der Waals surface area contributed by atoms with Gasteiger partial charge in [0, 0.05) is 11.8 Å². The van der Waals surface area contributed by atoms with Gasteiger partial charge in [-0.1, -0.05) is 44.2 Å². The summed E-state index contributed by atoms with van der Waals surface area (Å²) in [5, 5.41) is 2.76. The predicted octanol–water partition coefficient (Wildman–Crippen LogP) is 4.80. The fourth-order valence-electron chi connectivity index (χ4n) is 3.49. The summed E-state index contributed by atoms with van der Waals surface area (Å²) in [6, 6.07) is 16.7. The number of nitrogens with one attached hydrogen (secondary N) is 1. The first-order valence-corrected chi connectivity index (χ1v) is 12.0. The van der Waals surface area contributed by atoms with Crippen molar-refractivity contribution in [1.82, 2.24) is 0 Å². The summed E-state index contributed by atoms with van der Waals surface area (Å²) in [7, 11) is -1.55. The van der Waals surface area contributed by atoms with Gasteiger partial charge in [-0.2, -0.15) is 0 Å². The van der Waals surface area contributed by atoms with Crippen LogP contribution in [0.5, 0.6) is 11.5 Å². The molecular formula is C25H27FN2O5S. The van der Waals surface area contributed by atoms with Crippen molar-refractivity contribution in [3.8, 4) is 11.5 Å². The summed E-state index contributed by atoms with van der Waals surface area (Å²) in [5.41, 5.74) is 1.22. The number of anilines is 2. The molecule has 0 saturated carbocycles. The van der Waals surface area contributed by atoms with E-state index in [2.05, 4.69) is 5.32 Å². The number of nitrogens with zero attached hydrogens (tertiary/aromatic N) is 1. The summed E-state index contributed by atoms with van der Waals surface area (Å²) in [5.74, 6) is -0.730. The monoisotopic (exact) mass is 486 g/mol. The molecule has 3 aromatic carbocycles. The van der Waals surface area contributed by atoms with Crippen molar-refractivity contribution in [1.29, 1.82) is 0 Å². The lowest BCUT2D eigenvalue weighted by atomic mass is 10.0. The van der Waals surface area contributed by atoms with E-state index >= 15 is 0 Å². The Morgan fingerprint density at radius 2 is 1.62 bits per heavy atom. The van der Waals surface area contributed by atoms with E-state index in [1.807, 2.05) is 26.0 Å². The van der Waals surface area contributed by atoms with Crippen molar-refractivity contribution in [3.63, 3.8) is 0 Å². The van der Waals surface area contributed by atoms with Crippen LogP contribution in [0.1, 0.15) is 25.3 Å². The highest BCUT2D eigenvalue weighted by molar-refractivity contribution is 7.92. The number of amides is 1. The number of halogens is 1. The fraction of sp³-hybridized carbons (Fsp3) is 0.240. The van der Waals surface area contributed by atoms with Crippen molar-refractivity contribution in [2.45, 2.75) is 24.7 Å². The first kappa shape index (κ1) is 25.0. The molecule has 0 bridgehead atoms. The van der Waals surface area contributed by atoms with Crippen molar-refractivity contribution < 1.29 is 27.1 Å². The molecule has 1 amide bonds. The summed E-state index contributed by atoms with van der Waals surface area (Å²) in [6.45, 7) is 3.33. The van der Waals surface area contributed by atoms with E-state index in [9.17, 15) is 17.6 Å². The molecule has 0 saturated heterocycles. The number of rotatable bonds is 9. The zero-order valence-electron chi connectivity index (χ0n) is 19.4. The smallest absolute Gasteiger partial charge is 0.265 e. The van der Waals surface area contributed by atoms with Crippen LogP contribution in [-0.2, 0) is 14.8 Å². The summed E-state index contributed by atoms with van der Waals surface area (Å²) < 4.78 is 53.0. The third-order valence-electron chi connectivity index (χ3n) is 5.21. The highest BCUT2D eigenvalue weighted by Gasteiger charge is 2.30. The van der Waals surface area contributed by atoms with Crippen LogP contribution < -0.4 is 19.1 Å². The minimum absolute atomic E-state index is 0.134. The average Bonchev–Trinajstić information content (AvgIpc) is 2.82. The van der Waals surface area contributed by atoms with Crippen molar-refractivity contribution >= 4 is 27.3 Å². The third kappa shape index (κ3) is 5.31.